The first-order valence-corrected chi connectivity index (χ1v) is 11.3. The number of rotatable bonds is 7. The van der Waals surface area contributed by atoms with Crippen LogP contribution in [0.15, 0.2) is 42.5 Å². The van der Waals surface area contributed by atoms with E-state index >= 15 is 0 Å². The number of hydrogen-bond donors (Lipinski definition) is 3. The Morgan fingerprint density at radius 2 is 1.61 bits per heavy atom. The molecule has 192 valence electrons. The summed E-state index contributed by atoms with van der Waals surface area (Å²) in [4.78, 5) is 31.9. The van der Waals surface area contributed by atoms with Gasteiger partial charge in [0.1, 0.15) is 5.82 Å². The van der Waals surface area contributed by atoms with Gasteiger partial charge in [-0.2, -0.15) is 4.98 Å². The Labute approximate surface area is 208 Å². The van der Waals surface area contributed by atoms with Crippen LogP contribution in [0.2, 0.25) is 0 Å². The van der Waals surface area contributed by atoms with E-state index in [9.17, 15) is 9.90 Å². The van der Waals surface area contributed by atoms with Crippen LogP contribution < -0.4 is 20.1 Å². The number of carboxylic acid groups (broad SMARTS) is 2. The SMILES string of the molecule is CC(=O)O.COc1cc2nc(N3CCC(OC(C(=O)O)c4ccccc4)CC3)nc(N)c2cc1OC. The summed E-state index contributed by atoms with van der Waals surface area (Å²) in [6, 6.07) is 12.5. The van der Waals surface area contributed by atoms with Crippen LogP contribution in [-0.4, -0.2) is 65.5 Å². The standard InChI is InChI=1S/C23H26N4O5.C2H4O2/c1-30-18-12-16-17(13-19(18)31-2)25-23(26-21(16)24)27-10-8-15(9-11-27)32-20(22(28)29)14-6-4-3-5-7-14;1-2(3)4/h3-7,12-13,15,20H,8-11H2,1-2H3,(H,28,29)(H2,24,25,26);1H3,(H,3,4). The molecule has 0 radical (unpaired) electrons. The molecule has 1 saturated heterocycles. The Kier molecular flexibility index (Phi) is 8.85. The summed E-state index contributed by atoms with van der Waals surface area (Å²) in [6.07, 6.45) is 0.158. The average molecular weight is 499 g/mol. The molecule has 1 aliphatic heterocycles. The second-order valence-electron chi connectivity index (χ2n) is 8.10. The predicted molar refractivity (Wildman–Crippen MR) is 134 cm³/mol. The van der Waals surface area contributed by atoms with Crippen molar-refractivity contribution in [2.24, 2.45) is 0 Å². The molecule has 3 aromatic rings. The first kappa shape index (κ1) is 26.5. The maximum absolute atomic E-state index is 11.7. The van der Waals surface area contributed by atoms with Crippen molar-refractivity contribution in [1.29, 1.82) is 0 Å². The summed E-state index contributed by atoms with van der Waals surface area (Å²) >= 11 is 0. The highest BCUT2D eigenvalue weighted by Gasteiger charge is 2.28. The molecular formula is C25H30N4O7. The number of nitrogen functional groups attached to an aromatic ring is 1. The molecule has 2 heterocycles. The monoisotopic (exact) mass is 498 g/mol. The summed E-state index contributed by atoms with van der Waals surface area (Å²) in [5, 5.41) is 17.7. The van der Waals surface area contributed by atoms with E-state index in [0.717, 1.165) is 6.92 Å². The molecule has 1 unspecified atom stereocenters. The lowest BCUT2D eigenvalue weighted by atomic mass is 10.1. The first-order chi connectivity index (χ1) is 17.2. The molecule has 1 atom stereocenters. The Morgan fingerprint density at radius 1 is 1.03 bits per heavy atom. The minimum absolute atomic E-state index is 0.172. The number of carboxylic acids is 2. The van der Waals surface area contributed by atoms with Crippen molar-refractivity contribution in [2.45, 2.75) is 32.0 Å². The maximum Gasteiger partial charge on any atom is 0.337 e. The normalized spacial score (nSPS) is 14.5. The van der Waals surface area contributed by atoms with Gasteiger partial charge in [-0.05, 0) is 24.5 Å². The molecule has 0 aliphatic carbocycles. The Balaban J connectivity index is 0.000000840. The lowest BCUT2D eigenvalue weighted by molar-refractivity contribution is -0.155. The highest BCUT2D eigenvalue weighted by atomic mass is 16.5. The second-order valence-corrected chi connectivity index (χ2v) is 8.10. The fraction of sp³-hybridized carbons (Fsp3) is 0.360. The summed E-state index contributed by atoms with van der Waals surface area (Å²) in [5.41, 5.74) is 7.51. The van der Waals surface area contributed by atoms with Crippen LogP contribution in [0.1, 0.15) is 31.4 Å². The van der Waals surface area contributed by atoms with E-state index in [2.05, 4.69) is 9.97 Å². The van der Waals surface area contributed by atoms with Gasteiger partial charge in [0.15, 0.2) is 17.6 Å². The number of ether oxygens (including phenoxy) is 3. The molecular weight excluding hydrogens is 468 g/mol. The third-order valence-corrected chi connectivity index (χ3v) is 5.60. The number of hydrogen-bond acceptors (Lipinski definition) is 9. The molecule has 0 bridgehead atoms. The number of aromatic nitrogens is 2. The van der Waals surface area contributed by atoms with Gasteiger partial charge in [-0.15, -0.1) is 0 Å². The van der Waals surface area contributed by atoms with Crippen LogP contribution in [0.4, 0.5) is 11.8 Å². The third-order valence-electron chi connectivity index (χ3n) is 5.60. The summed E-state index contributed by atoms with van der Waals surface area (Å²) in [7, 11) is 3.13. The van der Waals surface area contributed by atoms with Gasteiger partial charge in [0.2, 0.25) is 5.95 Å². The lowest BCUT2D eigenvalue weighted by Gasteiger charge is -2.33. The van der Waals surface area contributed by atoms with Crippen molar-refractivity contribution in [3.05, 3.63) is 48.0 Å². The average Bonchev–Trinajstić information content (AvgIpc) is 2.86. The van der Waals surface area contributed by atoms with Gasteiger partial charge in [0.25, 0.3) is 5.97 Å². The van der Waals surface area contributed by atoms with Crippen LogP contribution in [0.3, 0.4) is 0 Å². The highest BCUT2D eigenvalue weighted by molar-refractivity contribution is 5.91. The fourth-order valence-electron chi connectivity index (χ4n) is 3.90. The van der Waals surface area contributed by atoms with Crippen molar-refractivity contribution < 1.29 is 34.0 Å². The topological polar surface area (TPSA) is 157 Å². The molecule has 36 heavy (non-hydrogen) atoms. The molecule has 4 rings (SSSR count). The fourth-order valence-corrected chi connectivity index (χ4v) is 3.90. The van der Waals surface area contributed by atoms with E-state index in [1.54, 1.807) is 38.5 Å². The lowest BCUT2D eigenvalue weighted by Crippen LogP contribution is -2.39. The van der Waals surface area contributed by atoms with E-state index in [1.807, 2.05) is 23.1 Å². The zero-order valence-electron chi connectivity index (χ0n) is 20.4. The predicted octanol–water partition coefficient (Wildman–Crippen LogP) is 3.13. The van der Waals surface area contributed by atoms with Crippen molar-refractivity contribution >= 4 is 34.6 Å². The number of benzene rings is 2. The number of carbonyl (C=O) groups is 2. The van der Waals surface area contributed by atoms with Crippen LogP contribution in [0.5, 0.6) is 11.5 Å². The molecule has 1 aromatic heterocycles. The van der Waals surface area contributed by atoms with Crippen LogP contribution in [-0.2, 0) is 14.3 Å². The van der Waals surface area contributed by atoms with E-state index in [-0.39, 0.29) is 6.10 Å². The van der Waals surface area contributed by atoms with Gasteiger partial charge in [0.05, 0.1) is 25.8 Å². The summed E-state index contributed by atoms with van der Waals surface area (Å²) in [5.74, 6) is 0.190. The van der Waals surface area contributed by atoms with Crippen molar-refractivity contribution in [2.75, 3.05) is 37.9 Å². The minimum atomic E-state index is -0.992. The number of fused-ring (bicyclic) bond motifs is 1. The largest absolute Gasteiger partial charge is 0.493 e. The Morgan fingerprint density at radius 3 is 2.17 bits per heavy atom. The van der Waals surface area contributed by atoms with Gasteiger partial charge < -0.3 is 35.1 Å². The van der Waals surface area contributed by atoms with Crippen LogP contribution >= 0.6 is 0 Å². The van der Waals surface area contributed by atoms with E-state index in [1.165, 1.54) is 0 Å². The molecule has 0 amide bonds. The number of aliphatic carboxylic acids is 2. The Bertz CT molecular complexity index is 1190. The van der Waals surface area contributed by atoms with Gasteiger partial charge in [-0.25, -0.2) is 9.78 Å². The van der Waals surface area contributed by atoms with Crippen molar-refractivity contribution in [3.8, 4) is 11.5 Å². The quantitative estimate of drug-likeness (QED) is 0.439. The zero-order valence-corrected chi connectivity index (χ0v) is 20.4. The summed E-state index contributed by atoms with van der Waals surface area (Å²) < 4.78 is 16.7. The molecule has 11 heteroatoms. The molecule has 1 fully saturated rings. The van der Waals surface area contributed by atoms with E-state index in [0.29, 0.717) is 65.7 Å². The van der Waals surface area contributed by atoms with Crippen LogP contribution in [0, 0.1) is 0 Å². The number of piperidine rings is 1. The maximum atomic E-state index is 11.7. The number of anilines is 2. The van der Waals surface area contributed by atoms with Crippen molar-refractivity contribution in [1.82, 2.24) is 9.97 Å². The van der Waals surface area contributed by atoms with Gasteiger partial charge in [-0.3, -0.25) is 4.79 Å². The minimum Gasteiger partial charge on any atom is -0.493 e. The number of nitrogens with two attached hydrogens (primary N) is 1. The van der Waals surface area contributed by atoms with Gasteiger partial charge >= 0.3 is 5.97 Å². The van der Waals surface area contributed by atoms with Gasteiger partial charge in [0, 0.05) is 31.5 Å². The summed E-state index contributed by atoms with van der Waals surface area (Å²) in [6.45, 7) is 2.34. The van der Waals surface area contributed by atoms with Crippen LogP contribution in [0.25, 0.3) is 10.9 Å². The molecule has 4 N–H and O–H groups in total. The zero-order chi connectivity index (χ0) is 26.2. The van der Waals surface area contributed by atoms with E-state index < -0.39 is 18.0 Å². The number of methoxy groups -OCH3 is 2. The van der Waals surface area contributed by atoms with Crippen molar-refractivity contribution in [3.63, 3.8) is 0 Å². The first-order valence-electron chi connectivity index (χ1n) is 11.3. The van der Waals surface area contributed by atoms with Gasteiger partial charge in [-0.1, -0.05) is 30.3 Å². The smallest absolute Gasteiger partial charge is 0.337 e. The number of nitrogens with zero attached hydrogens (tertiary/aromatic N) is 3. The van der Waals surface area contributed by atoms with E-state index in [4.69, 9.17) is 29.8 Å². The molecule has 0 spiro atoms. The third kappa shape index (κ3) is 6.51. The molecule has 2 aromatic carbocycles. The molecule has 0 saturated carbocycles. The molecule has 1 aliphatic rings. The Hall–Kier alpha value is -4.12. The highest BCUT2D eigenvalue weighted by Crippen LogP contribution is 2.34. The molecule has 11 nitrogen and oxygen atoms in total. The second kappa shape index (κ2) is 12.0.